The zero-order valence-corrected chi connectivity index (χ0v) is 13.1. The molecule has 2 amide bonds. The van der Waals surface area contributed by atoms with Gasteiger partial charge in [-0.1, -0.05) is 0 Å². The number of urea groups is 1. The minimum Gasteiger partial charge on any atom is -0.443 e. The van der Waals surface area contributed by atoms with Gasteiger partial charge < -0.3 is 15.1 Å². The van der Waals surface area contributed by atoms with Gasteiger partial charge in [0.05, 0.1) is 11.1 Å². The summed E-state index contributed by atoms with van der Waals surface area (Å²) >= 11 is 0. The molecule has 3 rings (SSSR count). The van der Waals surface area contributed by atoms with Gasteiger partial charge in [0.25, 0.3) is 0 Å². The van der Waals surface area contributed by atoms with E-state index in [2.05, 4.69) is 10.3 Å². The number of nitrogens with one attached hydrogen (secondary N) is 2. The lowest BCUT2D eigenvalue weighted by Crippen LogP contribution is -2.20. The molecule has 0 spiro atoms. The van der Waals surface area contributed by atoms with Crippen LogP contribution in [-0.4, -0.2) is 11.0 Å². The number of fused-ring (bicyclic) bond motifs is 1. The summed E-state index contributed by atoms with van der Waals surface area (Å²) in [7, 11) is 0. The van der Waals surface area contributed by atoms with Crippen molar-refractivity contribution in [1.29, 1.82) is 0 Å². The highest BCUT2D eigenvalue weighted by molar-refractivity contribution is 6.00. The third-order valence-electron chi connectivity index (χ3n) is 3.43. The summed E-state index contributed by atoms with van der Waals surface area (Å²) in [6.07, 6.45) is -8.84. The highest BCUT2D eigenvalue weighted by atomic mass is 19.4. The summed E-state index contributed by atoms with van der Waals surface area (Å²) in [5, 5.41) is 4.25. The number of hydrogen-bond donors (Lipinski definition) is 2. The summed E-state index contributed by atoms with van der Waals surface area (Å²) in [4.78, 5) is 15.8. The van der Waals surface area contributed by atoms with Crippen molar-refractivity contribution in [2.24, 2.45) is 0 Å². The van der Waals surface area contributed by atoms with Crippen LogP contribution in [0.15, 0.2) is 47.2 Å². The molecule has 0 aliphatic heterocycles. The fourth-order valence-corrected chi connectivity index (χ4v) is 2.25. The van der Waals surface area contributed by atoms with Crippen LogP contribution in [0.5, 0.6) is 0 Å². The highest BCUT2D eigenvalue weighted by Gasteiger charge is 2.37. The van der Waals surface area contributed by atoms with Crippen molar-refractivity contribution in [1.82, 2.24) is 4.98 Å². The van der Waals surface area contributed by atoms with Crippen molar-refractivity contribution in [3.8, 4) is 0 Å². The zero-order valence-electron chi connectivity index (χ0n) is 13.1. The largest absolute Gasteiger partial charge is 0.443 e. The number of carbonyl (C=O) groups is 1. The molecule has 2 N–H and O–H groups in total. The second-order valence-electron chi connectivity index (χ2n) is 5.41. The van der Waals surface area contributed by atoms with E-state index < -0.39 is 35.2 Å². The smallest absolute Gasteiger partial charge is 0.416 e. The Hall–Kier alpha value is -3.24. The number of hydrogen-bond acceptors (Lipinski definition) is 3. The fourth-order valence-electron chi connectivity index (χ4n) is 2.25. The van der Waals surface area contributed by atoms with Crippen LogP contribution in [0.25, 0.3) is 11.1 Å². The number of carbonyl (C=O) groups excluding carboxylic acids is 1. The molecule has 0 aliphatic carbocycles. The second kappa shape index (κ2) is 6.49. The molecule has 0 unspecified atom stereocenters. The maximum atomic E-state index is 12.8. The van der Waals surface area contributed by atoms with Gasteiger partial charge in [-0.2, -0.15) is 26.3 Å². The van der Waals surface area contributed by atoms with Crippen molar-refractivity contribution in [3.63, 3.8) is 0 Å². The predicted molar refractivity (Wildman–Crippen MR) is 83.1 cm³/mol. The van der Waals surface area contributed by atoms with Crippen molar-refractivity contribution in [2.75, 3.05) is 10.6 Å². The molecule has 27 heavy (non-hydrogen) atoms. The van der Waals surface area contributed by atoms with Crippen LogP contribution < -0.4 is 10.6 Å². The number of anilines is 2. The van der Waals surface area contributed by atoms with Gasteiger partial charge in [0, 0.05) is 17.4 Å². The first-order valence-electron chi connectivity index (χ1n) is 7.23. The molecule has 11 heteroatoms. The molecule has 0 saturated heterocycles. The van der Waals surface area contributed by atoms with Gasteiger partial charge in [0.2, 0.25) is 0 Å². The molecule has 1 aromatic heterocycles. The summed E-state index contributed by atoms with van der Waals surface area (Å²) < 4.78 is 82.0. The summed E-state index contributed by atoms with van der Waals surface area (Å²) in [5.74, 6) is 0. The molecular weight excluding hydrogens is 380 g/mol. The molecule has 0 atom stereocenters. The monoisotopic (exact) mass is 389 g/mol. The predicted octanol–water partition coefficient (Wildman–Crippen LogP) is 5.51. The van der Waals surface area contributed by atoms with Gasteiger partial charge in [-0.05, 0) is 30.3 Å². The summed E-state index contributed by atoms with van der Waals surface area (Å²) in [6, 6.07) is 4.12. The van der Waals surface area contributed by atoms with Crippen LogP contribution in [0, 0.1) is 0 Å². The van der Waals surface area contributed by atoms with E-state index in [1.54, 1.807) is 0 Å². The Balaban J connectivity index is 1.83. The normalized spacial score (nSPS) is 12.2. The maximum Gasteiger partial charge on any atom is 0.416 e. The van der Waals surface area contributed by atoms with Crippen LogP contribution in [-0.2, 0) is 12.4 Å². The average Bonchev–Trinajstić information content (AvgIpc) is 3.00. The Morgan fingerprint density at radius 1 is 0.852 bits per heavy atom. The molecule has 0 fully saturated rings. The SMILES string of the molecule is O=C(Nc1cc(C(F)(F)F)cc(C(F)(F)F)c1)Nc1ccc2ncoc2c1. The quantitative estimate of drug-likeness (QED) is 0.568. The lowest BCUT2D eigenvalue weighted by molar-refractivity contribution is -0.143. The molecule has 5 nitrogen and oxygen atoms in total. The van der Waals surface area contributed by atoms with Crippen LogP contribution in [0.1, 0.15) is 11.1 Å². The number of amides is 2. The number of aromatic nitrogens is 1. The van der Waals surface area contributed by atoms with Gasteiger partial charge in [-0.25, -0.2) is 9.78 Å². The van der Waals surface area contributed by atoms with Crippen LogP contribution in [0.4, 0.5) is 42.5 Å². The zero-order chi connectivity index (χ0) is 19.8. The third-order valence-corrected chi connectivity index (χ3v) is 3.43. The van der Waals surface area contributed by atoms with E-state index >= 15 is 0 Å². The van der Waals surface area contributed by atoms with E-state index in [1.165, 1.54) is 24.6 Å². The molecule has 3 aromatic rings. The number of nitrogens with zero attached hydrogens (tertiary/aromatic N) is 1. The average molecular weight is 389 g/mol. The van der Waals surface area contributed by atoms with Gasteiger partial charge in [0.1, 0.15) is 5.52 Å². The van der Waals surface area contributed by atoms with Crippen molar-refractivity contribution < 1.29 is 35.6 Å². The third kappa shape index (κ3) is 4.30. The van der Waals surface area contributed by atoms with E-state index in [4.69, 9.17) is 4.42 Å². The Morgan fingerprint density at radius 3 is 2.04 bits per heavy atom. The van der Waals surface area contributed by atoms with E-state index in [-0.39, 0.29) is 11.8 Å². The van der Waals surface area contributed by atoms with Crippen molar-refractivity contribution >= 4 is 28.5 Å². The number of alkyl halides is 6. The molecular formula is C16H9F6N3O2. The van der Waals surface area contributed by atoms with Crippen LogP contribution in [0.2, 0.25) is 0 Å². The number of halogens is 6. The minimum atomic E-state index is -5.01. The van der Waals surface area contributed by atoms with Crippen molar-refractivity contribution in [2.45, 2.75) is 12.4 Å². The minimum absolute atomic E-state index is 0.0269. The Bertz CT molecular complexity index is 961. The Morgan fingerprint density at radius 2 is 1.44 bits per heavy atom. The second-order valence-corrected chi connectivity index (χ2v) is 5.41. The Kier molecular flexibility index (Phi) is 4.46. The fraction of sp³-hybridized carbons (Fsp3) is 0.125. The molecule has 0 aliphatic rings. The lowest BCUT2D eigenvalue weighted by Gasteiger charge is -2.15. The van der Waals surface area contributed by atoms with Gasteiger partial charge in [0.15, 0.2) is 12.0 Å². The van der Waals surface area contributed by atoms with Crippen LogP contribution in [0.3, 0.4) is 0 Å². The number of rotatable bonds is 2. The van der Waals surface area contributed by atoms with E-state index in [0.717, 1.165) is 0 Å². The summed E-state index contributed by atoms with van der Waals surface area (Å²) in [6.45, 7) is 0. The first kappa shape index (κ1) is 18.5. The maximum absolute atomic E-state index is 12.8. The molecule has 0 bridgehead atoms. The van der Waals surface area contributed by atoms with Crippen LogP contribution >= 0.6 is 0 Å². The molecule has 0 saturated carbocycles. The van der Waals surface area contributed by atoms with Crippen molar-refractivity contribution in [3.05, 3.63) is 53.9 Å². The van der Waals surface area contributed by atoms with E-state index in [0.29, 0.717) is 23.2 Å². The highest BCUT2D eigenvalue weighted by Crippen LogP contribution is 2.37. The number of benzene rings is 2. The first-order chi connectivity index (χ1) is 12.5. The van der Waals surface area contributed by atoms with Gasteiger partial charge in [-0.15, -0.1) is 0 Å². The van der Waals surface area contributed by atoms with Gasteiger partial charge >= 0.3 is 18.4 Å². The Labute approximate surface area is 147 Å². The molecule has 2 aromatic carbocycles. The van der Waals surface area contributed by atoms with E-state index in [1.807, 2.05) is 5.32 Å². The topological polar surface area (TPSA) is 67.2 Å². The molecule has 142 valence electrons. The lowest BCUT2D eigenvalue weighted by atomic mass is 10.1. The standard InChI is InChI=1S/C16H9F6N3O2/c17-15(18,19)8-3-9(16(20,21)22)5-11(4-8)25-14(26)24-10-1-2-12-13(6-10)27-7-23-12/h1-7H,(H2,24,25,26). The number of oxazole rings is 1. The van der Waals surface area contributed by atoms with E-state index in [9.17, 15) is 31.1 Å². The van der Waals surface area contributed by atoms with Gasteiger partial charge in [-0.3, -0.25) is 0 Å². The first-order valence-corrected chi connectivity index (χ1v) is 7.23. The molecule has 0 radical (unpaired) electrons. The summed E-state index contributed by atoms with van der Waals surface area (Å²) in [5.41, 5.74) is -2.67. The molecule has 1 heterocycles.